The highest BCUT2D eigenvalue weighted by Crippen LogP contribution is 2.30. The van der Waals surface area contributed by atoms with E-state index in [0.717, 1.165) is 35.4 Å². The Labute approximate surface area is 114 Å². The quantitative estimate of drug-likeness (QED) is 0.837. The molecule has 0 atom stereocenters. The Morgan fingerprint density at radius 1 is 1.17 bits per heavy atom. The summed E-state index contributed by atoms with van der Waals surface area (Å²) in [6.45, 7) is 2.07. The molecule has 0 aliphatic carbocycles. The van der Waals surface area contributed by atoms with Gasteiger partial charge in [0.25, 0.3) is 0 Å². The van der Waals surface area contributed by atoms with Crippen molar-refractivity contribution < 1.29 is 4.39 Å². The van der Waals surface area contributed by atoms with Gasteiger partial charge in [0.15, 0.2) is 5.13 Å². The maximum Gasteiger partial charge on any atom is 0.185 e. The molecule has 3 rings (SSSR count). The third-order valence-corrected chi connectivity index (χ3v) is 4.77. The Hall–Kier alpha value is -1.07. The fraction of sp³-hybridized carbons (Fsp3) is 0.308. The van der Waals surface area contributed by atoms with E-state index in [1.54, 1.807) is 23.5 Å². The maximum absolute atomic E-state index is 13.7. The van der Waals surface area contributed by atoms with Gasteiger partial charge in [-0.25, -0.2) is 9.37 Å². The Bertz CT molecular complexity index is 535. The zero-order chi connectivity index (χ0) is 12.4. The largest absolute Gasteiger partial charge is 0.346 e. The topological polar surface area (TPSA) is 16.1 Å². The van der Waals surface area contributed by atoms with Crippen molar-refractivity contribution in [2.24, 2.45) is 0 Å². The van der Waals surface area contributed by atoms with Crippen LogP contribution in [0, 0.1) is 5.82 Å². The first-order chi connectivity index (χ1) is 8.84. The van der Waals surface area contributed by atoms with Gasteiger partial charge in [0, 0.05) is 35.5 Å². The van der Waals surface area contributed by atoms with Gasteiger partial charge in [0.1, 0.15) is 5.82 Å². The van der Waals surface area contributed by atoms with Crippen LogP contribution in [0.3, 0.4) is 0 Å². The zero-order valence-electron chi connectivity index (χ0n) is 9.80. The number of thiazole rings is 1. The van der Waals surface area contributed by atoms with E-state index in [4.69, 9.17) is 0 Å². The summed E-state index contributed by atoms with van der Waals surface area (Å²) >= 11 is 3.57. The van der Waals surface area contributed by atoms with E-state index in [1.165, 1.54) is 6.07 Å². The Kier molecular flexibility index (Phi) is 3.52. The van der Waals surface area contributed by atoms with Crippen molar-refractivity contribution in [3.8, 4) is 11.3 Å². The summed E-state index contributed by atoms with van der Waals surface area (Å²) in [5.41, 5.74) is 1.33. The molecule has 2 aromatic rings. The summed E-state index contributed by atoms with van der Waals surface area (Å²) in [5, 5.41) is 2.95. The van der Waals surface area contributed by atoms with Crippen molar-refractivity contribution in [2.45, 2.75) is 0 Å². The number of aromatic nitrogens is 1. The van der Waals surface area contributed by atoms with Crippen LogP contribution in [0.15, 0.2) is 29.6 Å². The second kappa shape index (κ2) is 5.28. The molecule has 2 nitrogen and oxygen atoms in total. The third kappa shape index (κ3) is 2.37. The van der Waals surface area contributed by atoms with E-state index < -0.39 is 0 Å². The van der Waals surface area contributed by atoms with Crippen LogP contribution >= 0.6 is 23.1 Å². The van der Waals surface area contributed by atoms with Crippen LogP contribution in [-0.4, -0.2) is 29.6 Å². The van der Waals surface area contributed by atoms with Crippen molar-refractivity contribution in [2.75, 3.05) is 29.5 Å². The van der Waals surface area contributed by atoms with Crippen LogP contribution in [0.2, 0.25) is 0 Å². The number of hydrogen-bond acceptors (Lipinski definition) is 4. The molecule has 1 aliphatic rings. The minimum Gasteiger partial charge on any atom is -0.346 e. The van der Waals surface area contributed by atoms with Crippen molar-refractivity contribution >= 4 is 28.2 Å². The van der Waals surface area contributed by atoms with Gasteiger partial charge in [-0.3, -0.25) is 0 Å². The molecule has 0 amide bonds. The van der Waals surface area contributed by atoms with Gasteiger partial charge in [-0.2, -0.15) is 11.8 Å². The summed E-state index contributed by atoms with van der Waals surface area (Å²) in [6, 6.07) is 6.80. The molecule has 94 valence electrons. The number of hydrogen-bond donors (Lipinski definition) is 0. The van der Waals surface area contributed by atoms with Crippen LogP contribution in [-0.2, 0) is 0 Å². The molecule has 18 heavy (non-hydrogen) atoms. The minimum absolute atomic E-state index is 0.205. The van der Waals surface area contributed by atoms with Crippen molar-refractivity contribution in [1.29, 1.82) is 0 Å². The molecule has 1 aliphatic heterocycles. The van der Waals surface area contributed by atoms with E-state index in [2.05, 4.69) is 9.88 Å². The number of nitrogens with zero attached hydrogens (tertiary/aromatic N) is 2. The van der Waals surface area contributed by atoms with Crippen LogP contribution in [0.5, 0.6) is 0 Å². The van der Waals surface area contributed by atoms with Crippen LogP contribution in [0.1, 0.15) is 0 Å². The lowest BCUT2D eigenvalue weighted by molar-refractivity contribution is 0.631. The van der Waals surface area contributed by atoms with E-state index >= 15 is 0 Å². The average Bonchev–Trinajstić information content (AvgIpc) is 2.90. The molecule has 0 saturated carbocycles. The van der Waals surface area contributed by atoms with Gasteiger partial charge in [0.05, 0.1) is 5.69 Å². The monoisotopic (exact) mass is 280 g/mol. The molecule has 1 saturated heterocycles. The minimum atomic E-state index is -0.205. The van der Waals surface area contributed by atoms with Gasteiger partial charge in [-0.15, -0.1) is 11.3 Å². The summed E-state index contributed by atoms with van der Waals surface area (Å²) in [7, 11) is 0. The van der Waals surface area contributed by atoms with Gasteiger partial charge in [-0.1, -0.05) is 12.1 Å². The Balaban J connectivity index is 1.87. The van der Waals surface area contributed by atoms with E-state index in [0.29, 0.717) is 5.56 Å². The molecule has 1 aromatic carbocycles. The maximum atomic E-state index is 13.7. The lowest BCUT2D eigenvalue weighted by atomic mass is 10.2. The first-order valence-corrected chi connectivity index (χ1v) is 7.91. The predicted octanol–water partition coefficient (Wildman–Crippen LogP) is 3.50. The van der Waals surface area contributed by atoms with Crippen molar-refractivity contribution in [1.82, 2.24) is 4.98 Å². The number of halogens is 1. The molecule has 5 heteroatoms. The fourth-order valence-corrected chi connectivity index (χ4v) is 3.74. The third-order valence-electron chi connectivity index (χ3n) is 2.92. The van der Waals surface area contributed by atoms with Crippen molar-refractivity contribution in [3.05, 3.63) is 35.5 Å². The van der Waals surface area contributed by atoms with Crippen molar-refractivity contribution in [3.63, 3.8) is 0 Å². The highest BCUT2D eigenvalue weighted by molar-refractivity contribution is 7.99. The number of anilines is 1. The Morgan fingerprint density at radius 3 is 2.72 bits per heavy atom. The molecule has 0 spiro atoms. The predicted molar refractivity (Wildman–Crippen MR) is 77.0 cm³/mol. The normalized spacial score (nSPS) is 15.9. The van der Waals surface area contributed by atoms with Crippen LogP contribution in [0.4, 0.5) is 9.52 Å². The molecule has 0 N–H and O–H groups in total. The highest BCUT2D eigenvalue weighted by atomic mass is 32.2. The summed E-state index contributed by atoms with van der Waals surface area (Å²) in [4.78, 5) is 6.84. The Morgan fingerprint density at radius 2 is 1.94 bits per heavy atom. The molecule has 1 fully saturated rings. The molecule has 0 bridgehead atoms. The second-order valence-corrected chi connectivity index (χ2v) is 6.16. The lowest BCUT2D eigenvalue weighted by Crippen LogP contribution is -2.32. The first-order valence-electron chi connectivity index (χ1n) is 5.88. The van der Waals surface area contributed by atoms with Crippen LogP contribution in [0.25, 0.3) is 11.3 Å². The zero-order valence-corrected chi connectivity index (χ0v) is 11.4. The standard InChI is InChI=1S/C13H13FN2S2/c14-11-4-2-1-3-10(11)12-9-18-13(15-12)16-5-7-17-8-6-16/h1-4,9H,5-8H2. The highest BCUT2D eigenvalue weighted by Gasteiger charge is 2.16. The van der Waals surface area contributed by atoms with E-state index in [9.17, 15) is 4.39 Å². The second-order valence-electron chi connectivity index (χ2n) is 4.09. The SMILES string of the molecule is Fc1ccccc1-c1csc(N2CCSCC2)n1. The van der Waals surface area contributed by atoms with E-state index in [-0.39, 0.29) is 5.82 Å². The van der Waals surface area contributed by atoms with Gasteiger partial charge >= 0.3 is 0 Å². The van der Waals surface area contributed by atoms with Gasteiger partial charge in [-0.05, 0) is 12.1 Å². The summed E-state index contributed by atoms with van der Waals surface area (Å²) < 4.78 is 13.7. The van der Waals surface area contributed by atoms with Crippen LogP contribution < -0.4 is 4.90 Å². The first kappa shape index (κ1) is 12.0. The van der Waals surface area contributed by atoms with Gasteiger partial charge < -0.3 is 4.90 Å². The number of benzene rings is 1. The lowest BCUT2D eigenvalue weighted by Gasteiger charge is -2.25. The molecular weight excluding hydrogens is 267 g/mol. The average molecular weight is 280 g/mol. The number of thioether (sulfide) groups is 1. The smallest absolute Gasteiger partial charge is 0.185 e. The summed E-state index contributed by atoms with van der Waals surface area (Å²) in [6.07, 6.45) is 0. The van der Waals surface area contributed by atoms with E-state index in [1.807, 2.05) is 23.2 Å². The van der Waals surface area contributed by atoms with Gasteiger partial charge in [0.2, 0.25) is 0 Å². The fourth-order valence-electron chi connectivity index (χ4n) is 1.96. The molecule has 1 aromatic heterocycles. The molecule has 0 unspecified atom stereocenters. The molecule has 0 radical (unpaired) electrons. The number of rotatable bonds is 2. The molecular formula is C13H13FN2S2. The molecule has 2 heterocycles. The summed E-state index contributed by atoms with van der Waals surface area (Å²) in [5.74, 6) is 2.09.